The summed E-state index contributed by atoms with van der Waals surface area (Å²) >= 11 is 0. The van der Waals surface area contributed by atoms with E-state index in [-0.39, 0.29) is 30.0 Å². The number of halogens is 1. The van der Waals surface area contributed by atoms with E-state index in [9.17, 15) is 14.0 Å². The van der Waals surface area contributed by atoms with E-state index < -0.39 is 0 Å². The van der Waals surface area contributed by atoms with Gasteiger partial charge in [-0.05, 0) is 65.9 Å². The summed E-state index contributed by atoms with van der Waals surface area (Å²) in [6.45, 7) is 1.76. The van der Waals surface area contributed by atoms with Gasteiger partial charge in [0, 0.05) is 32.0 Å². The second kappa shape index (κ2) is 12.2. The third-order valence-electron chi connectivity index (χ3n) is 6.25. The highest BCUT2D eigenvalue weighted by Gasteiger charge is 2.28. The van der Waals surface area contributed by atoms with Gasteiger partial charge in [-0.15, -0.1) is 0 Å². The zero-order valence-corrected chi connectivity index (χ0v) is 20.3. The van der Waals surface area contributed by atoms with Crippen LogP contribution in [0.2, 0.25) is 0 Å². The zero-order valence-electron chi connectivity index (χ0n) is 20.3. The molecular weight excluding hydrogens is 461 g/mol. The van der Waals surface area contributed by atoms with Crippen LogP contribution >= 0.6 is 0 Å². The molecule has 1 aliphatic rings. The number of ether oxygens (including phenoxy) is 2. The van der Waals surface area contributed by atoms with Crippen molar-refractivity contribution < 1.29 is 23.5 Å². The van der Waals surface area contributed by atoms with Crippen LogP contribution in [0.25, 0.3) is 0 Å². The second-order valence-corrected chi connectivity index (χ2v) is 8.83. The molecule has 1 aliphatic heterocycles. The van der Waals surface area contributed by atoms with Crippen molar-refractivity contribution in [2.45, 2.75) is 32.4 Å². The van der Waals surface area contributed by atoms with E-state index in [0.717, 1.165) is 29.5 Å². The number of methoxy groups -OCH3 is 1. The number of nitrogens with zero attached hydrogens (tertiary/aromatic N) is 2. The van der Waals surface area contributed by atoms with E-state index in [2.05, 4.69) is 10.3 Å². The van der Waals surface area contributed by atoms with Crippen LogP contribution in [0, 0.1) is 11.7 Å². The van der Waals surface area contributed by atoms with Gasteiger partial charge in [-0.1, -0.05) is 18.2 Å². The maximum absolute atomic E-state index is 13.1. The number of carbonyl (C=O) groups excluding carboxylic acids is 2. The molecule has 2 amide bonds. The number of rotatable bonds is 9. The molecule has 0 bridgehead atoms. The number of piperidine rings is 1. The Kier molecular flexibility index (Phi) is 8.49. The Balaban J connectivity index is 1.28. The molecule has 8 heteroatoms. The van der Waals surface area contributed by atoms with Gasteiger partial charge in [-0.2, -0.15) is 0 Å². The van der Waals surface area contributed by atoms with E-state index in [1.165, 1.54) is 12.1 Å². The van der Waals surface area contributed by atoms with Gasteiger partial charge < -0.3 is 19.7 Å². The maximum Gasteiger partial charge on any atom is 0.227 e. The molecule has 0 saturated carbocycles. The summed E-state index contributed by atoms with van der Waals surface area (Å²) in [6.07, 6.45) is 5.13. The quantitative estimate of drug-likeness (QED) is 0.491. The SMILES string of the molecule is COc1cc(CNC(=O)C2CCCN(C(=O)Cc3ccc(F)cc3)C2)ccc1OCc1ccncc1. The van der Waals surface area contributed by atoms with Gasteiger partial charge in [-0.25, -0.2) is 4.39 Å². The normalized spacial score (nSPS) is 15.3. The molecule has 2 heterocycles. The Morgan fingerprint density at radius 1 is 1.03 bits per heavy atom. The lowest BCUT2D eigenvalue weighted by molar-refractivity contribution is -0.135. The lowest BCUT2D eigenvalue weighted by atomic mass is 9.96. The van der Waals surface area contributed by atoms with Crippen molar-refractivity contribution in [3.8, 4) is 11.5 Å². The number of nitrogens with one attached hydrogen (secondary N) is 1. The number of pyridine rings is 1. The first-order valence-corrected chi connectivity index (χ1v) is 12.0. The minimum atomic E-state index is -0.328. The topological polar surface area (TPSA) is 80.8 Å². The fourth-order valence-electron chi connectivity index (χ4n) is 4.22. The molecule has 1 atom stereocenters. The van der Waals surface area contributed by atoms with E-state index in [1.807, 2.05) is 30.3 Å². The summed E-state index contributed by atoms with van der Waals surface area (Å²) in [5.41, 5.74) is 2.65. The summed E-state index contributed by atoms with van der Waals surface area (Å²) in [5, 5.41) is 2.99. The second-order valence-electron chi connectivity index (χ2n) is 8.83. The van der Waals surface area contributed by atoms with Gasteiger partial charge in [0.05, 0.1) is 19.4 Å². The fourth-order valence-corrected chi connectivity index (χ4v) is 4.22. The first-order valence-electron chi connectivity index (χ1n) is 12.0. The Bertz CT molecular complexity index is 1170. The van der Waals surface area contributed by atoms with Crippen molar-refractivity contribution in [2.24, 2.45) is 5.92 Å². The molecule has 2 aromatic carbocycles. The first kappa shape index (κ1) is 25.2. The molecule has 36 heavy (non-hydrogen) atoms. The molecule has 0 radical (unpaired) electrons. The Hall–Kier alpha value is -3.94. The minimum Gasteiger partial charge on any atom is -0.493 e. The van der Waals surface area contributed by atoms with Crippen molar-refractivity contribution in [3.05, 3.63) is 89.5 Å². The number of carbonyl (C=O) groups is 2. The third-order valence-corrected chi connectivity index (χ3v) is 6.25. The van der Waals surface area contributed by atoms with E-state index in [0.29, 0.717) is 37.7 Å². The highest BCUT2D eigenvalue weighted by atomic mass is 19.1. The van der Waals surface area contributed by atoms with Gasteiger partial charge in [0.1, 0.15) is 12.4 Å². The number of hydrogen-bond donors (Lipinski definition) is 1. The summed E-state index contributed by atoms with van der Waals surface area (Å²) in [4.78, 5) is 31.3. The number of benzene rings is 2. The molecular formula is C28H30FN3O4. The average Bonchev–Trinajstić information content (AvgIpc) is 2.92. The van der Waals surface area contributed by atoms with Crippen LogP contribution < -0.4 is 14.8 Å². The lowest BCUT2D eigenvalue weighted by Crippen LogP contribution is -2.45. The standard InChI is InChI=1S/C28H30FN3O4/c1-35-26-15-22(6-9-25(26)36-19-21-10-12-30-13-11-21)17-31-28(34)23-3-2-14-32(18-23)27(33)16-20-4-7-24(29)8-5-20/h4-13,15,23H,2-3,14,16-19H2,1H3,(H,31,34). The van der Waals surface area contributed by atoms with Gasteiger partial charge in [0.15, 0.2) is 11.5 Å². The van der Waals surface area contributed by atoms with E-state index >= 15 is 0 Å². The number of amides is 2. The predicted molar refractivity (Wildman–Crippen MR) is 133 cm³/mol. The molecule has 0 aliphatic carbocycles. The van der Waals surface area contributed by atoms with Crippen LogP contribution in [0.15, 0.2) is 67.0 Å². The maximum atomic E-state index is 13.1. The van der Waals surface area contributed by atoms with Crippen LogP contribution in [0.1, 0.15) is 29.5 Å². The van der Waals surface area contributed by atoms with Crippen LogP contribution in [0.4, 0.5) is 4.39 Å². The molecule has 1 N–H and O–H groups in total. The molecule has 7 nitrogen and oxygen atoms in total. The largest absolute Gasteiger partial charge is 0.493 e. The molecule has 4 rings (SSSR count). The molecule has 1 aromatic heterocycles. The van der Waals surface area contributed by atoms with Crippen LogP contribution in [-0.4, -0.2) is 41.9 Å². The summed E-state index contributed by atoms with van der Waals surface area (Å²) < 4.78 is 24.5. The Morgan fingerprint density at radius 3 is 2.53 bits per heavy atom. The predicted octanol–water partition coefficient (Wildman–Crippen LogP) is 3.91. The Labute approximate surface area is 210 Å². The summed E-state index contributed by atoms with van der Waals surface area (Å²) in [7, 11) is 1.58. The first-order chi connectivity index (χ1) is 17.5. The smallest absolute Gasteiger partial charge is 0.227 e. The number of aromatic nitrogens is 1. The summed E-state index contributed by atoms with van der Waals surface area (Å²) in [6, 6.07) is 15.3. The van der Waals surface area contributed by atoms with Gasteiger partial charge in [0.25, 0.3) is 0 Å². The Morgan fingerprint density at radius 2 is 1.78 bits per heavy atom. The average molecular weight is 492 g/mol. The van der Waals surface area contributed by atoms with Gasteiger partial charge >= 0.3 is 0 Å². The minimum absolute atomic E-state index is 0.0498. The van der Waals surface area contributed by atoms with Crippen LogP contribution in [0.5, 0.6) is 11.5 Å². The van der Waals surface area contributed by atoms with Crippen molar-refractivity contribution >= 4 is 11.8 Å². The molecule has 188 valence electrons. The summed E-state index contributed by atoms with van der Waals surface area (Å²) in [5.74, 6) is 0.488. The third kappa shape index (κ3) is 6.81. The van der Waals surface area contributed by atoms with Crippen molar-refractivity contribution in [3.63, 3.8) is 0 Å². The molecule has 1 fully saturated rings. The van der Waals surface area contributed by atoms with E-state index in [4.69, 9.17) is 9.47 Å². The highest BCUT2D eigenvalue weighted by molar-refractivity contribution is 5.82. The molecule has 3 aromatic rings. The highest BCUT2D eigenvalue weighted by Crippen LogP contribution is 2.29. The van der Waals surface area contributed by atoms with Crippen molar-refractivity contribution in [1.82, 2.24) is 15.2 Å². The van der Waals surface area contributed by atoms with Crippen molar-refractivity contribution in [1.29, 1.82) is 0 Å². The lowest BCUT2D eigenvalue weighted by Gasteiger charge is -2.32. The molecule has 1 unspecified atom stereocenters. The molecule has 0 spiro atoms. The fraction of sp³-hybridized carbons (Fsp3) is 0.321. The zero-order chi connectivity index (χ0) is 25.3. The van der Waals surface area contributed by atoms with Gasteiger partial charge in [0.2, 0.25) is 11.8 Å². The number of likely N-dealkylation sites (tertiary alicyclic amines) is 1. The van der Waals surface area contributed by atoms with Gasteiger partial charge in [-0.3, -0.25) is 14.6 Å². The monoisotopic (exact) mass is 491 g/mol. The van der Waals surface area contributed by atoms with Crippen molar-refractivity contribution in [2.75, 3.05) is 20.2 Å². The van der Waals surface area contributed by atoms with E-state index in [1.54, 1.807) is 36.5 Å². The number of hydrogen-bond acceptors (Lipinski definition) is 5. The van der Waals surface area contributed by atoms with Crippen LogP contribution in [0.3, 0.4) is 0 Å². The molecule has 1 saturated heterocycles. The van der Waals surface area contributed by atoms with Crippen LogP contribution in [-0.2, 0) is 29.2 Å².